The van der Waals surface area contributed by atoms with E-state index in [9.17, 15) is 4.79 Å². The number of hydrogen-bond acceptors (Lipinski definition) is 4. The lowest BCUT2D eigenvalue weighted by atomic mass is 10.0. The van der Waals surface area contributed by atoms with Gasteiger partial charge in [0.15, 0.2) is 5.65 Å². The monoisotopic (exact) mass is 460 g/mol. The van der Waals surface area contributed by atoms with E-state index >= 15 is 0 Å². The normalized spacial score (nSPS) is 10.9. The summed E-state index contributed by atoms with van der Waals surface area (Å²) >= 11 is 15.4. The highest BCUT2D eigenvalue weighted by Gasteiger charge is 2.12. The predicted molar refractivity (Wildman–Crippen MR) is 113 cm³/mol. The molecule has 0 aliphatic carbocycles. The Hall–Kier alpha value is -2.41. The van der Waals surface area contributed by atoms with Crippen LogP contribution in [0.3, 0.4) is 0 Å². The number of H-pyrrole nitrogens is 1. The smallest absolute Gasteiger partial charge is 0.262 e. The number of pyridine rings is 1. The van der Waals surface area contributed by atoms with E-state index in [1.54, 1.807) is 30.5 Å². The second kappa shape index (κ2) is 7.31. The van der Waals surface area contributed by atoms with E-state index in [2.05, 4.69) is 36.2 Å². The molecule has 0 radical (unpaired) electrons. The summed E-state index contributed by atoms with van der Waals surface area (Å²) in [5.41, 5.74) is 2.33. The molecule has 2 N–H and O–H groups in total. The number of benzene rings is 2. The number of fused-ring (bicyclic) bond motifs is 1. The molecule has 0 aliphatic heterocycles. The maximum absolute atomic E-state index is 12.7. The standard InChI is InChI=1S/C19H11BrCl2N4O/c20-11-3-1-10(2-4-11)15-5-6-23-17-16(15)18(27)26-19(25-17)24-14-8-12(21)7-13(22)9-14/h1-9H,(H2,23,24,25,26,27). The van der Waals surface area contributed by atoms with Crippen molar-refractivity contribution in [2.45, 2.75) is 0 Å². The third kappa shape index (κ3) is 3.83. The van der Waals surface area contributed by atoms with Gasteiger partial charge in [-0.3, -0.25) is 9.78 Å². The third-order valence-corrected chi connectivity index (χ3v) is 4.85. The Balaban J connectivity index is 1.81. The van der Waals surface area contributed by atoms with Crippen LogP contribution in [0.15, 0.2) is 64.0 Å². The molecule has 0 unspecified atom stereocenters. The van der Waals surface area contributed by atoms with E-state index in [0.717, 1.165) is 15.6 Å². The van der Waals surface area contributed by atoms with Gasteiger partial charge in [-0.1, -0.05) is 51.3 Å². The summed E-state index contributed by atoms with van der Waals surface area (Å²) in [6.07, 6.45) is 1.63. The average Bonchev–Trinajstić information content (AvgIpc) is 2.61. The number of anilines is 2. The van der Waals surface area contributed by atoms with Gasteiger partial charge in [-0.05, 0) is 47.5 Å². The van der Waals surface area contributed by atoms with Crippen molar-refractivity contribution in [3.05, 3.63) is 79.6 Å². The predicted octanol–water partition coefficient (Wildman–Crippen LogP) is 5.80. The minimum Gasteiger partial charge on any atom is -0.326 e. The summed E-state index contributed by atoms with van der Waals surface area (Å²) in [7, 11) is 0. The summed E-state index contributed by atoms with van der Waals surface area (Å²) in [5, 5.41) is 4.38. The molecule has 0 bridgehead atoms. The van der Waals surface area contributed by atoms with E-state index in [4.69, 9.17) is 23.2 Å². The van der Waals surface area contributed by atoms with E-state index in [0.29, 0.717) is 26.8 Å². The van der Waals surface area contributed by atoms with E-state index in [1.807, 2.05) is 24.3 Å². The first-order chi connectivity index (χ1) is 13.0. The van der Waals surface area contributed by atoms with Gasteiger partial charge in [0.1, 0.15) is 0 Å². The molecule has 27 heavy (non-hydrogen) atoms. The molecular formula is C19H11BrCl2N4O. The van der Waals surface area contributed by atoms with Gasteiger partial charge in [0, 0.05) is 26.4 Å². The maximum atomic E-state index is 12.7. The maximum Gasteiger partial charge on any atom is 0.262 e. The molecule has 4 rings (SSSR count). The van der Waals surface area contributed by atoms with Crippen molar-refractivity contribution in [1.82, 2.24) is 15.0 Å². The Bertz CT molecular complexity index is 1190. The summed E-state index contributed by atoms with van der Waals surface area (Å²) < 4.78 is 0.961. The largest absolute Gasteiger partial charge is 0.326 e. The first-order valence-electron chi connectivity index (χ1n) is 7.88. The summed E-state index contributed by atoms with van der Waals surface area (Å²) in [6, 6.07) is 14.5. The van der Waals surface area contributed by atoms with Gasteiger partial charge in [0.25, 0.3) is 5.56 Å². The summed E-state index contributed by atoms with van der Waals surface area (Å²) in [6.45, 7) is 0. The Labute approximate surface area is 172 Å². The zero-order chi connectivity index (χ0) is 19.0. The Kier molecular flexibility index (Phi) is 4.86. The van der Waals surface area contributed by atoms with Crippen molar-refractivity contribution in [3.63, 3.8) is 0 Å². The van der Waals surface area contributed by atoms with Crippen molar-refractivity contribution in [2.24, 2.45) is 0 Å². The number of nitrogens with zero attached hydrogens (tertiary/aromatic N) is 2. The van der Waals surface area contributed by atoms with Crippen LogP contribution >= 0.6 is 39.1 Å². The number of aromatic nitrogens is 3. The highest BCUT2D eigenvalue weighted by atomic mass is 79.9. The van der Waals surface area contributed by atoms with Crippen LogP contribution in [0.5, 0.6) is 0 Å². The molecule has 2 aromatic carbocycles. The second-order valence-electron chi connectivity index (χ2n) is 5.76. The molecule has 5 nitrogen and oxygen atoms in total. The van der Waals surface area contributed by atoms with Gasteiger partial charge in [0.2, 0.25) is 5.95 Å². The lowest BCUT2D eigenvalue weighted by molar-refractivity contribution is 1.14. The molecule has 0 saturated heterocycles. The van der Waals surface area contributed by atoms with Gasteiger partial charge in [-0.25, -0.2) is 4.98 Å². The molecule has 0 aliphatic rings. The lowest BCUT2D eigenvalue weighted by Gasteiger charge is -2.09. The van der Waals surface area contributed by atoms with Crippen molar-refractivity contribution in [3.8, 4) is 11.1 Å². The minimum atomic E-state index is -0.290. The Morgan fingerprint density at radius 1 is 1.00 bits per heavy atom. The van der Waals surface area contributed by atoms with E-state index in [1.165, 1.54) is 0 Å². The minimum absolute atomic E-state index is 0.256. The fourth-order valence-electron chi connectivity index (χ4n) is 2.76. The average molecular weight is 462 g/mol. The van der Waals surface area contributed by atoms with Crippen LogP contribution in [0.1, 0.15) is 0 Å². The highest BCUT2D eigenvalue weighted by molar-refractivity contribution is 9.10. The van der Waals surface area contributed by atoms with Gasteiger partial charge in [0.05, 0.1) is 5.39 Å². The fourth-order valence-corrected chi connectivity index (χ4v) is 3.55. The molecule has 2 heterocycles. The van der Waals surface area contributed by atoms with E-state index in [-0.39, 0.29) is 11.5 Å². The first-order valence-corrected chi connectivity index (χ1v) is 9.42. The quantitative estimate of drug-likeness (QED) is 0.404. The van der Waals surface area contributed by atoms with Crippen molar-refractivity contribution >= 4 is 61.8 Å². The number of hydrogen-bond donors (Lipinski definition) is 2. The van der Waals surface area contributed by atoms with E-state index < -0.39 is 0 Å². The summed E-state index contributed by atoms with van der Waals surface area (Å²) in [4.78, 5) is 24.2. The van der Waals surface area contributed by atoms with Crippen LogP contribution in [0.4, 0.5) is 11.6 Å². The van der Waals surface area contributed by atoms with Gasteiger partial charge in [-0.2, -0.15) is 4.98 Å². The van der Waals surface area contributed by atoms with Crippen molar-refractivity contribution < 1.29 is 0 Å². The molecule has 134 valence electrons. The SMILES string of the molecule is O=c1[nH]c(Nc2cc(Cl)cc(Cl)c2)nc2nccc(-c3ccc(Br)cc3)c12. The molecule has 4 aromatic rings. The van der Waals surface area contributed by atoms with Gasteiger partial charge >= 0.3 is 0 Å². The molecule has 0 spiro atoms. The van der Waals surface area contributed by atoms with Gasteiger partial charge in [-0.15, -0.1) is 0 Å². The molecule has 0 amide bonds. The highest BCUT2D eigenvalue weighted by Crippen LogP contribution is 2.27. The number of nitrogens with one attached hydrogen (secondary N) is 2. The van der Waals surface area contributed by atoms with Crippen molar-refractivity contribution in [1.29, 1.82) is 0 Å². The molecule has 0 saturated carbocycles. The van der Waals surface area contributed by atoms with Crippen LogP contribution in [-0.4, -0.2) is 15.0 Å². The molecule has 8 heteroatoms. The van der Waals surface area contributed by atoms with Gasteiger partial charge < -0.3 is 5.32 Å². The van der Waals surface area contributed by atoms with Crippen molar-refractivity contribution in [2.75, 3.05) is 5.32 Å². The Morgan fingerprint density at radius 2 is 1.70 bits per heavy atom. The van der Waals surface area contributed by atoms with Crippen LogP contribution in [0.25, 0.3) is 22.2 Å². The van der Waals surface area contributed by atoms with Crippen LogP contribution < -0.4 is 10.9 Å². The van der Waals surface area contributed by atoms with Crippen LogP contribution in [0, 0.1) is 0 Å². The van der Waals surface area contributed by atoms with Crippen LogP contribution in [-0.2, 0) is 0 Å². The molecular weight excluding hydrogens is 451 g/mol. The number of aromatic amines is 1. The zero-order valence-electron chi connectivity index (χ0n) is 13.6. The second-order valence-corrected chi connectivity index (χ2v) is 7.55. The number of halogens is 3. The van der Waals surface area contributed by atoms with Crippen LogP contribution in [0.2, 0.25) is 10.0 Å². The number of rotatable bonds is 3. The summed E-state index contributed by atoms with van der Waals surface area (Å²) in [5.74, 6) is 0.256. The molecule has 0 fully saturated rings. The lowest BCUT2D eigenvalue weighted by Crippen LogP contribution is -2.13. The first kappa shape index (κ1) is 18.0. The molecule has 2 aromatic heterocycles. The fraction of sp³-hybridized carbons (Fsp3) is 0. The Morgan fingerprint density at radius 3 is 2.41 bits per heavy atom. The topological polar surface area (TPSA) is 70.7 Å². The molecule has 0 atom stereocenters. The zero-order valence-corrected chi connectivity index (χ0v) is 16.7. The third-order valence-electron chi connectivity index (χ3n) is 3.89.